The minimum absolute atomic E-state index is 0.182. The van der Waals surface area contributed by atoms with Crippen LogP contribution in [0.3, 0.4) is 0 Å². The van der Waals surface area contributed by atoms with E-state index in [-0.39, 0.29) is 5.41 Å². The molecule has 0 amide bonds. The highest BCUT2D eigenvalue weighted by Gasteiger charge is 2.13. The maximum absolute atomic E-state index is 4.25. The molecule has 0 saturated heterocycles. The van der Waals surface area contributed by atoms with Crippen molar-refractivity contribution in [2.24, 2.45) is 0 Å². The van der Waals surface area contributed by atoms with Gasteiger partial charge in [-0.25, -0.2) is 0 Å². The molecule has 68 valence electrons. The average molecular weight is 165 g/mol. The van der Waals surface area contributed by atoms with Crippen molar-refractivity contribution < 1.29 is 0 Å². The first-order valence-electron chi connectivity index (χ1n) is 4.52. The van der Waals surface area contributed by atoms with E-state index in [9.17, 15) is 0 Å². The van der Waals surface area contributed by atoms with Crippen LogP contribution in [0.4, 0.5) is 0 Å². The Morgan fingerprint density at radius 3 is 1.92 bits per heavy atom. The molecule has 0 unspecified atom stereocenters. The van der Waals surface area contributed by atoms with Gasteiger partial charge in [-0.1, -0.05) is 40.7 Å². The fraction of sp³-hybridized carbons (Fsp3) is 0.545. The molecule has 0 atom stereocenters. The molecule has 0 aromatic carbocycles. The van der Waals surface area contributed by atoms with E-state index in [0.717, 1.165) is 5.69 Å². The van der Waals surface area contributed by atoms with Crippen LogP contribution in [0.2, 0.25) is 0 Å². The Kier molecular flexibility index (Phi) is 4.57. The zero-order chi connectivity index (χ0) is 9.61. The largest absolute Gasteiger partial charge is 0.261 e. The fourth-order valence-electron chi connectivity index (χ4n) is 0.806. The molecule has 1 aromatic rings. The maximum Gasteiger partial charge on any atom is 0.0457 e. The topological polar surface area (TPSA) is 12.9 Å². The van der Waals surface area contributed by atoms with E-state index in [1.54, 1.807) is 0 Å². The van der Waals surface area contributed by atoms with Crippen LogP contribution in [0.25, 0.3) is 0 Å². The SMILES string of the molecule is CC.CC(C)(C)c1ccccn1. The van der Waals surface area contributed by atoms with Crippen LogP contribution in [0.1, 0.15) is 40.3 Å². The first-order chi connectivity index (χ1) is 5.61. The molecule has 0 saturated carbocycles. The molecule has 12 heavy (non-hydrogen) atoms. The molecule has 1 rings (SSSR count). The molecule has 0 spiro atoms. The van der Waals surface area contributed by atoms with Crippen LogP contribution in [-0.2, 0) is 5.41 Å². The minimum atomic E-state index is 0.182. The first kappa shape index (κ1) is 11.2. The molecule has 1 heterocycles. The van der Waals surface area contributed by atoms with E-state index in [2.05, 4.69) is 31.8 Å². The summed E-state index contributed by atoms with van der Waals surface area (Å²) >= 11 is 0. The van der Waals surface area contributed by atoms with Gasteiger partial charge in [0.2, 0.25) is 0 Å². The highest BCUT2D eigenvalue weighted by Crippen LogP contribution is 2.18. The van der Waals surface area contributed by atoms with Crippen molar-refractivity contribution >= 4 is 0 Å². The highest BCUT2D eigenvalue weighted by atomic mass is 14.7. The lowest BCUT2D eigenvalue weighted by Gasteiger charge is -2.16. The quantitative estimate of drug-likeness (QED) is 0.574. The molecule has 0 aliphatic carbocycles. The van der Waals surface area contributed by atoms with Crippen LogP contribution in [-0.4, -0.2) is 4.98 Å². The van der Waals surface area contributed by atoms with E-state index < -0.39 is 0 Å². The monoisotopic (exact) mass is 165 g/mol. The van der Waals surface area contributed by atoms with Crippen LogP contribution < -0.4 is 0 Å². The van der Waals surface area contributed by atoms with Gasteiger partial charge in [-0.2, -0.15) is 0 Å². The van der Waals surface area contributed by atoms with E-state index >= 15 is 0 Å². The lowest BCUT2D eigenvalue weighted by molar-refractivity contribution is 0.569. The minimum Gasteiger partial charge on any atom is -0.261 e. The van der Waals surface area contributed by atoms with E-state index in [1.807, 2.05) is 32.2 Å². The van der Waals surface area contributed by atoms with Crippen LogP contribution in [0.15, 0.2) is 24.4 Å². The van der Waals surface area contributed by atoms with Crippen LogP contribution >= 0.6 is 0 Å². The summed E-state index contributed by atoms with van der Waals surface area (Å²) in [5.41, 5.74) is 1.33. The predicted octanol–water partition coefficient (Wildman–Crippen LogP) is 3.41. The molecule has 0 fully saturated rings. The summed E-state index contributed by atoms with van der Waals surface area (Å²) in [5.74, 6) is 0. The molecular weight excluding hydrogens is 146 g/mol. The molecular formula is C11H19N. The second-order valence-electron chi connectivity index (χ2n) is 3.46. The number of rotatable bonds is 0. The molecule has 0 bridgehead atoms. The summed E-state index contributed by atoms with van der Waals surface area (Å²) in [6, 6.07) is 6.02. The Labute approximate surface area is 75.8 Å². The standard InChI is InChI=1S/C9H13N.C2H6/c1-9(2,3)8-6-4-5-7-10-8;1-2/h4-7H,1-3H3;1-2H3. The maximum atomic E-state index is 4.25. The third kappa shape index (κ3) is 3.51. The average Bonchev–Trinajstić information content (AvgIpc) is 2.08. The van der Waals surface area contributed by atoms with Crippen molar-refractivity contribution in [1.82, 2.24) is 4.98 Å². The van der Waals surface area contributed by atoms with Gasteiger partial charge in [0.1, 0.15) is 0 Å². The third-order valence-electron chi connectivity index (χ3n) is 1.43. The Morgan fingerprint density at radius 2 is 1.67 bits per heavy atom. The molecule has 0 aliphatic heterocycles. The summed E-state index contributed by atoms with van der Waals surface area (Å²) < 4.78 is 0. The molecule has 1 heteroatoms. The lowest BCUT2D eigenvalue weighted by Crippen LogP contribution is -2.12. The van der Waals surface area contributed by atoms with Crippen molar-refractivity contribution in [1.29, 1.82) is 0 Å². The van der Waals surface area contributed by atoms with Crippen molar-refractivity contribution in [3.05, 3.63) is 30.1 Å². The smallest absolute Gasteiger partial charge is 0.0457 e. The van der Waals surface area contributed by atoms with Gasteiger partial charge in [0.15, 0.2) is 0 Å². The van der Waals surface area contributed by atoms with Gasteiger partial charge >= 0.3 is 0 Å². The van der Waals surface area contributed by atoms with Gasteiger partial charge < -0.3 is 0 Å². The summed E-state index contributed by atoms with van der Waals surface area (Å²) in [6.07, 6.45) is 1.83. The van der Waals surface area contributed by atoms with Gasteiger partial charge in [0.05, 0.1) is 0 Å². The fourth-order valence-corrected chi connectivity index (χ4v) is 0.806. The van der Waals surface area contributed by atoms with E-state index in [0.29, 0.717) is 0 Å². The number of hydrogen-bond acceptors (Lipinski definition) is 1. The van der Waals surface area contributed by atoms with E-state index in [4.69, 9.17) is 0 Å². The first-order valence-corrected chi connectivity index (χ1v) is 4.52. The zero-order valence-electron chi connectivity index (χ0n) is 8.76. The lowest BCUT2D eigenvalue weighted by atomic mass is 9.92. The van der Waals surface area contributed by atoms with E-state index in [1.165, 1.54) is 0 Å². The van der Waals surface area contributed by atoms with Gasteiger partial charge in [-0.05, 0) is 12.1 Å². The molecule has 1 aromatic heterocycles. The van der Waals surface area contributed by atoms with Gasteiger partial charge in [-0.15, -0.1) is 0 Å². The molecule has 1 nitrogen and oxygen atoms in total. The van der Waals surface area contributed by atoms with Gasteiger partial charge in [-0.3, -0.25) is 4.98 Å². The van der Waals surface area contributed by atoms with Gasteiger partial charge in [0.25, 0.3) is 0 Å². The number of pyridine rings is 1. The Hall–Kier alpha value is -0.850. The number of nitrogens with zero attached hydrogens (tertiary/aromatic N) is 1. The van der Waals surface area contributed by atoms with Crippen LogP contribution in [0.5, 0.6) is 0 Å². The van der Waals surface area contributed by atoms with Crippen molar-refractivity contribution in [3.63, 3.8) is 0 Å². The van der Waals surface area contributed by atoms with Crippen molar-refractivity contribution in [2.75, 3.05) is 0 Å². The van der Waals surface area contributed by atoms with Crippen LogP contribution in [0, 0.1) is 0 Å². The summed E-state index contributed by atoms with van der Waals surface area (Å²) in [5, 5.41) is 0. The molecule has 0 aliphatic rings. The predicted molar refractivity (Wildman–Crippen MR) is 54.3 cm³/mol. The Bertz CT molecular complexity index is 196. The Morgan fingerprint density at radius 1 is 1.08 bits per heavy atom. The summed E-state index contributed by atoms with van der Waals surface area (Å²) in [6.45, 7) is 10.5. The summed E-state index contributed by atoms with van der Waals surface area (Å²) in [4.78, 5) is 4.25. The second-order valence-corrected chi connectivity index (χ2v) is 3.46. The summed E-state index contributed by atoms with van der Waals surface area (Å²) in [7, 11) is 0. The van der Waals surface area contributed by atoms with Crippen molar-refractivity contribution in [2.45, 2.75) is 40.0 Å². The third-order valence-corrected chi connectivity index (χ3v) is 1.43. The molecule has 0 radical (unpaired) electrons. The number of aromatic nitrogens is 1. The highest BCUT2D eigenvalue weighted by molar-refractivity contribution is 5.12. The second kappa shape index (κ2) is 4.91. The van der Waals surface area contributed by atoms with Crippen molar-refractivity contribution in [3.8, 4) is 0 Å². The normalized spacial score (nSPS) is 10.1. The number of hydrogen-bond donors (Lipinski definition) is 0. The van der Waals surface area contributed by atoms with Gasteiger partial charge in [0, 0.05) is 17.3 Å². The Balaban J connectivity index is 0.000000561. The molecule has 0 N–H and O–H groups in total. The zero-order valence-corrected chi connectivity index (χ0v) is 8.76.